The van der Waals surface area contributed by atoms with Gasteiger partial charge in [-0.1, -0.05) is 20.8 Å². The van der Waals surface area contributed by atoms with Crippen molar-refractivity contribution in [1.29, 1.82) is 0 Å². The van der Waals surface area contributed by atoms with Gasteiger partial charge in [-0.15, -0.1) is 0 Å². The third-order valence-corrected chi connectivity index (χ3v) is 12.3. The van der Waals surface area contributed by atoms with E-state index >= 15 is 0 Å². The molecule has 0 radical (unpaired) electrons. The second-order valence-corrected chi connectivity index (χ2v) is 21.0. The van der Waals surface area contributed by atoms with Gasteiger partial charge in [-0.25, -0.2) is 0 Å². The summed E-state index contributed by atoms with van der Waals surface area (Å²) in [5, 5.41) is 0. The van der Waals surface area contributed by atoms with Gasteiger partial charge < -0.3 is 12.7 Å². The molecule has 1 aromatic carbocycles. The van der Waals surface area contributed by atoms with Gasteiger partial charge in [-0.2, -0.15) is 0 Å². The highest BCUT2D eigenvalue weighted by molar-refractivity contribution is 6.86. The number of ketones is 1. The molecule has 0 bridgehead atoms. The van der Waals surface area contributed by atoms with Crippen LogP contribution in [0.4, 0.5) is 0 Å². The van der Waals surface area contributed by atoms with Crippen molar-refractivity contribution in [2.45, 2.75) is 66.6 Å². The molecule has 0 aliphatic rings. The number of carbonyl (C=O) groups is 1. The van der Waals surface area contributed by atoms with E-state index in [4.69, 9.17) is 12.7 Å². The average Bonchev–Trinajstić information content (AvgIpc) is 2.32. The van der Waals surface area contributed by atoms with Crippen molar-refractivity contribution in [1.82, 2.24) is 0 Å². The molecule has 1 rings (SSSR count). The van der Waals surface area contributed by atoms with Crippen LogP contribution in [0.2, 0.25) is 45.8 Å². The molecule has 0 heterocycles. The Kier molecular flexibility index (Phi) is 6.67. The van der Waals surface area contributed by atoms with E-state index in [-0.39, 0.29) is 11.2 Å². The summed E-state index contributed by atoms with van der Waals surface area (Å²) in [6, 6.07) is 7.36. The summed E-state index contributed by atoms with van der Waals surface area (Å²) in [6.07, 6.45) is 0. The Morgan fingerprint density at radius 3 is 1.68 bits per heavy atom. The lowest BCUT2D eigenvalue weighted by atomic mass is 9.86. The van der Waals surface area contributed by atoms with Crippen LogP contribution in [0.1, 0.15) is 31.1 Å². The maximum absolute atomic E-state index is 12.3. The second-order valence-electron chi connectivity index (χ2n) is 9.32. The van der Waals surface area contributed by atoms with Crippen molar-refractivity contribution in [2.24, 2.45) is 5.41 Å². The van der Waals surface area contributed by atoms with Crippen LogP contribution in [-0.2, 0) is 8.23 Å². The van der Waals surface area contributed by atoms with Crippen molar-refractivity contribution >= 4 is 31.2 Å². The lowest BCUT2D eigenvalue weighted by Crippen LogP contribution is -2.54. The first-order chi connectivity index (χ1) is 11.0. The van der Waals surface area contributed by atoms with Crippen LogP contribution in [0.25, 0.3) is 0 Å². The molecular weight excluding hydrogens is 364 g/mol. The summed E-state index contributed by atoms with van der Waals surface area (Å²) in [7, 11) is -6.28. The van der Waals surface area contributed by atoms with Crippen LogP contribution >= 0.6 is 0 Å². The summed E-state index contributed by atoms with van der Waals surface area (Å²) >= 11 is 0. The maximum Gasteiger partial charge on any atom is 0.383 e. The van der Waals surface area contributed by atoms with E-state index in [1.54, 1.807) is 0 Å². The molecular formula is C18H34O4Si3. The molecule has 0 spiro atoms. The Balaban J connectivity index is 2.82. The van der Waals surface area contributed by atoms with Gasteiger partial charge in [-0.05, 0) is 70.1 Å². The fraction of sp³-hybridized carbons (Fsp3) is 0.611. The zero-order valence-electron chi connectivity index (χ0n) is 17.4. The molecule has 0 amide bonds. The van der Waals surface area contributed by atoms with Gasteiger partial charge in [-0.3, -0.25) is 4.79 Å². The molecule has 0 saturated heterocycles. The largest absolute Gasteiger partial charge is 0.521 e. The highest BCUT2D eigenvalue weighted by Crippen LogP contribution is 2.26. The van der Waals surface area contributed by atoms with Crippen LogP contribution < -0.4 is 4.43 Å². The number of carbonyl (C=O) groups excluding carboxylic acids is 1. The zero-order chi connectivity index (χ0) is 19.7. The normalized spacial score (nSPS) is 13.7. The van der Waals surface area contributed by atoms with E-state index in [9.17, 15) is 4.79 Å². The van der Waals surface area contributed by atoms with E-state index < -0.39 is 25.4 Å². The fourth-order valence-corrected chi connectivity index (χ4v) is 14.8. The lowest BCUT2D eigenvalue weighted by molar-refractivity contribution is 0.0858. The number of rotatable bonds is 7. The van der Waals surface area contributed by atoms with Gasteiger partial charge in [0, 0.05) is 11.0 Å². The molecule has 0 N–H and O–H groups in total. The molecule has 0 saturated carbocycles. The Hall–Kier alpha value is -0.739. The molecule has 0 atom stereocenters. The molecule has 25 heavy (non-hydrogen) atoms. The van der Waals surface area contributed by atoms with Gasteiger partial charge in [0.2, 0.25) is 0 Å². The summed E-state index contributed by atoms with van der Waals surface area (Å²) in [6.45, 7) is 20.5. The van der Waals surface area contributed by atoms with E-state index in [1.165, 1.54) is 0 Å². The SMILES string of the molecule is CC(C)(C)C(=O)c1ccc(O[Si](C)(C)O[Si](C)(C)O[Si](C)(C)C)cc1. The summed E-state index contributed by atoms with van der Waals surface area (Å²) in [5.74, 6) is 0.865. The fourth-order valence-electron chi connectivity index (χ4n) is 2.76. The highest BCUT2D eigenvalue weighted by Gasteiger charge is 2.40. The Morgan fingerprint density at radius 2 is 1.28 bits per heavy atom. The average molecular weight is 399 g/mol. The minimum Gasteiger partial charge on any atom is -0.521 e. The minimum absolute atomic E-state index is 0.129. The topological polar surface area (TPSA) is 44.8 Å². The van der Waals surface area contributed by atoms with Gasteiger partial charge in [0.25, 0.3) is 0 Å². The number of hydrogen-bond acceptors (Lipinski definition) is 4. The van der Waals surface area contributed by atoms with Gasteiger partial charge in [0.1, 0.15) is 5.75 Å². The third kappa shape index (κ3) is 8.00. The maximum atomic E-state index is 12.3. The van der Waals surface area contributed by atoms with E-state index in [0.717, 1.165) is 5.75 Å². The van der Waals surface area contributed by atoms with Crippen molar-refractivity contribution in [2.75, 3.05) is 0 Å². The Bertz CT molecular complexity index is 596. The number of Topliss-reactive ketones (excluding diaryl/α,β-unsaturated/α-hetero) is 1. The molecule has 0 unspecified atom stereocenters. The second kappa shape index (κ2) is 7.48. The van der Waals surface area contributed by atoms with Crippen molar-refractivity contribution < 1.29 is 17.5 Å². The van der Waals surface area contributed by atoms with Crippen molar-refractivity contribution in [3.05, 3.63) is 29.8 Å². The zero-order valence-corrected chi connectivity index (χ0v) is 20.4. The van der Waals surface area contributed by atoms with Crippen LogP contribution in [0, 0.1) is 5.41 Å². The highest BCUT2D eigenvalue weighted by atomic mass is 28.5. The molecule has 7 heteroatoms. The molecule has 4 nitrogen and oxygen atoms in total. The van der Waals surface area contributed by atoms with Gasteiger partial charge in [0.15, 0.2) is 14.1 Å². The monoisotopic (exact) mass is 398 g/mol. The molecule has 142 valence electrons. The smallest absolute Gasteiger partial charge is 0.383 e. The molecule has 0 aliphatic carbocycles. The standard InChI is InChI=1S/C18H34O4Si3/c1-18(2,3)17(19)15-11-13-16(14-12-15)20-24(7,8)22-25(9,10)21-23(4,5)6/h11-14H,1-10H3. The van der Waals surface area contributed by atoms with Crippen LogP contribution in [0.15, 0.2) is 24.3 Å². The Labute approximate surface area is 156 Å². The van der Waals surface area contributed by atoms with Crippen LogP contribution in [-0.4, -0.2) is 31.2 Å². The number of hydrogen-bond donors (Lipinski definition) is 0. The van der Waals surface area contributed by atoms with E-state index in [0.29, 0.717) is 5.56 Å². The van der Waals surface area contributed by atoms with E-state index in [2.05, 4.69) is 32.7 Å². The third-order valence-electron chi connectivity index (χ3n) is 3.20. The molecule has 0 aliphatic heterocycles. The first-order valence-corrected chi connectivity index (χ1v) is 17.8. The van der Waals surface area contributed by atoms with Crippen molar-refractivity contribution in [3.63, 3.8) is 0 Å². The summed E-state index contributed by atoms with van der Waals surface area (Å²) in [4.78, 5) is 12.3. The summed E-state index contributed by atoms with van der Waals surface area (Å²) in [5.41, 5.74) is 0.320. The van der Waals surface area contributed by atoms with Gasteiger partial charge >= 0.3 is 17.1 Å². The number of benzene rings is 1. The molecule has 0 aromatic heterocycles. The molecule has 1 aromatic rings. The predicted molar refractivity (Wildman–Crippen MR) is 111 cm³/mol. The minimum atomic E-state index is -2.39. The van der Waals surface area contributed by atoms with Crippen molar-refractivity contribution in [3.8, 4) is 5.75 Å². The predicted octanol–water partition coefficient (Wildman–Crippen LogP) is 5.57. The van der Waals surface area contributed by atoms with E-state index in [1.807, 2.05) is 58.1 Å². The summed E-state index contributed by atoms with van der Waals surface area (Å²) < 4.78 is 18.7. The first-order valence-electron chi connectivity index (χ1n) is 8.75. The Morgan fingerprint density at radius 1 is 0.800 bits per heavy atom. The lowest BCUT2D eigenvalue weighted by Gasteiger charge is -2.36. The van der Waals surface area contributed by atoms with Crippen LogP contribution in [0.5, 0.6) is 5.75 Å². The molecule has 0 fully saturated rings. The van der Waals surface area contributed by atoms with Gasteiger partial charge in [0.05, 0.1) is 0 Å². The quantitative estimate of drug-likeness (QED) is 0.445. The first kappa shape index (κ1) is 22.3. The van der Waals surface area contributed by atoms with Crippen LogP contribution in [0.3, 0.4) is 0 Å².